The van der Waals surface area contributed by atoms with Gasteiger partial charge in [0.25, 0.3) is 5.91 Å². The van der Waals surface area contributed by atoms with E-state index in [0.29, 0.717) is 13.0 Å². The number of amides is 2. The maximum Gasteiger partial charge on any atom is 0.250 e. The van der Waals surface area contributed by atoms with Gasteiger partial charge in [-0.25, -0.2) is 5.43 Å². The minimum absolute atomic E-state index is 0.0888. The molecule has 1 N–H and O–H groups in total. The van der Waals surface area contributed by atoms with E-state index in [1.165, 1.54) is 0 Å². The van der Waals surface area contributed by atoms with E-state index in [9.17, 15) is 9.59 Å². The van der Waals surface area contributed by atoms with Gasteiger partial charge in [0, 0.05) is 45.0 Å². The van der Waals surface area contributed by atoms with Crippen molar-refractivity contribution in [2.45, 2.75) is 25.3 Å². The Kier molecular flexibility index (Phi) is 2.95. The van der Waals surface area contributed by atoms with Crippen molar-refractivity contribution in [1.29, 1.82) is 0 Å². The molecule has 3 heterocycles. The molecular weight excluding hydrogens is 232 g/mol. The quantitative estimate of drug-likeness (QED) is 0.734. The molecule has 18 heavy (non-hydrogen) atoms. The summed E-state index contributed by atoms with van der Waals surface area (Å²) in [5.41, 5.74) is 3.13. The third kappa shape index (κ3) is 1.96. The highest BCUT2D eigenvalue weighted by Crippen LogP contribution is 2.18. The van der Waals surface area contributed by atoms with Crippen LogP contribution in [0.1, 0.15) is 19.3 Å². The van der Waals surface area contributed by atoms with Gasteiger partial charge in [-0.2, -0.15) is 0 Å². The first kappa shape index (κ1) is 11.5. The number of rotatable bonds is 3. The van der Waals surface area contributed by atoms with Crippen molar-refractivity contribution in [2.24, 2.45) is 0 Å². The van der Waals surface area contributed by atoms with E-state index in [1.54, 1.807) is 11.1 Å². The zero-order valence-electron chi connectivity index (χ0n) is 10.3. The second-order valence-electron chi connectivity index (χ2n) is 4.93. The molecule has 3 rings (SSSR count). The summed E-state index contributed by atoms with van der Waals surface area (Å²) in [7, 11) is 0. The fraction of sp³-hybridized carbons (Fsp3) is 0.667. The number of hydrazine groups is 1. The molecule has 3 aliphatic heterocycles. The maximum atomic E-state index is 12.1. The Bertz CT molecular complexity index is 392. The molecule has 1 unspecified atom stereocenters. The summed E-state index contributed by atoms with van der Waals surface area (Å²) in [5, 5.41) is 1.86. The zero-order chi connectivity index (χ0) is 12.5. The van der Waals surface area contributed by atoms with Crippen LogP contribution < -0.4 is 5.43 Å². The van der Waals surface area contributed by atoms with E-state index in [1.807, 2.05) is 16.1 Å². The monoisotopic (exact) mass is 250 g/mol. The second-order valence-corrected chi connectivity index (χ2v) is 4.93. The minimum atomic E-state index is -0.0888. The summed E-state index contributed by atoms with van der Waals surface area (Å²) >= 11 is 0. The highest BCUT2D eigenvalue weighted by atomic mass is 16.2. The van der Waals surface area contributed by atoms with Gasteiger partial charge >= 0.3 is 0 Å². The van der Waals surface area contributed by atoms with E-state index in [-0.39, 0.29) is 17.9 Å². The van der Waals surface area contributed by atoms with Gasteiger partial charge in [-0.15, -0.1) is 0 Å². The molecule has 0 aromatic carbocycles. The first-order valence-corrected chi connectivity index (χ1v) is 6.54. The topological polar surface area (TPSA) is 55.9 Å². The fourth-order valence-corrected chi connectivity index (χ4v) is 2.52. The molecule has 6 heteroatoms. The average Bonchev–Trinajstić information content (AvgIpc) is 2.74. The normalized spacial score (nSPS) is 26.3. The van der Waals surface area contributed by atoms with Gasteiger partial charge in [-0.3, -0.25) is 9.59 Å². The summed E-state index contributed by atoms with van der Waals surface area (Å²) in [5.74, 6) is 0.258. The Labute approximate surface area is 106 Å². The van der Waals surface area contributed by atoms with Crippen molar-refractivity contribution in [2.75, 3.05) is 26.2 Å². The van der Waals surface area contributed by atoms with Crippen molar-refractivity contribution < 1.29 is 9.59 Å². The second kappa shape index (κ2) is 4.61. The Morgan fingerprint density at radius 3 is 2.94 bits per heavy atom. The number of nitrogens with zero attached hydrogens (tertiary/aromatic N) is 3. The number of hydrogen-bond acceptors (Lipinski definition) is 4. The molecule has 0 saturated carbocycles. The number of carbonyl (C=O) groups is 2. The summed E-state index contributed by atoms with van der Waals surface area (Å²) in [6.07, 6.45) is 6.01. The zero-order valence-corrected chi connectivity index (χ0v) is 10.3. The van der Waals surface area contributed by atoms with Crippen LogP contribution in [-0.4, -0.2) is 58.8 Å². The van der Waals surface area contributed by atoms with Gasteiger partial charge < -0.3 is 14.8 Å². The molecule has 0 radical (unpaired) electrons. The molecule has 2 amide bonds. The van der Waals surface area contributed by atoms with Crippen LogP contribution in [0.2, 0.25) is 0 Å². The molecule has 3 aliphatic rings. The Morgan fingerprint density at radius 1 is 1.39 bits per heavy atom. The average molecular weight is 250 g/mol. The van der Waals surface area contributed by atoms with Crippen LogP contribution >= 0.6 is 0 Å². The molecule has 0 spiro atoms. The lowest BCUT2D eigenvalue weighted by molar-refractivity contribution is -0.137. The number of fused-ring (bicyclic) bond motifs is 1. The lowest BCUT2D eigenvalue weighted by atomic mass is 10.1. The van der Waals surface area contributed by atoms with Crippen molar-refractivity contribution in [3.8, 4) is 0 Å². The SMILES string of the molecule is O=C1C2CCNN2C=CN1CCC(=O)N1CCC1. The molecule has 0 aromatic heterocycles. The first-order valence-electron chi connectivity index (χ1n) is 6.54. The van der Waals surface area contributed by atoms with E-state index in [4.69, 9.17) is 0 Å². The van der Waals surface area contributed by atoms with Gasteiger partial charge in [0.15, 0.2) is 0 Å². The first-order chi connectivity index (χ1) is 8.75. The molecule has 0 bridgehead atoms. The lowest BCUT2D eigenvalue weighted by Gasteiger charge is -2.34. The Morgan fingerprint density at radius 2 is 2.22 bits per heavy atom. The van der Waals surface area contributed by atoms with Crippen LogP contribution in [0.5, 0.6) is 0 Å². The van der Waals surface area contributed by atoms with Crippen molar-refractivity contribution in [1.82, 2.24) is 20.2 Å². The van der Waals surface area contributed by atoms with Crippen LogP contribution in [0.3, 0.4) is 0 Å². The van der Waals surface area contributed by atoms with Crippen LogP contribution in [0, 0.1) is 0 Å². The molecule has 0 aliphatic carbocycles. The summed E-state index contributed by atoms with van der Waals surface area (Å²) in [6.45, 7) is 3.09. The molecule has 6 nitrogen and oxygen atoms in total. The number of likely N-dealkylation sites (tertiary alicyclic amines) is 1. The highest BCUT2D eigenvalue weighted by molar-refractivity contribution is 5.85. The van der Waals surface area contributed by atoms with Crippen molar-refractivity contribution in [3.05, 3.63) is 12.4 Å². The third-order valence-electron chi connectivity index (χ3n) is 3.80. The standard InChI is InChI=1S/C12H18N4O2/c17-11(14-5-1-6-14)3-7-15-8-9-16-10(12(15)18)2-4-13-16/h8-10,13H,1-7H2. The Balaban J connectivity index is 1.55. The van der Waals surface area contributed by atoms with Crippen LogP contribution in [0.15, 0.2) is 12.4 Å². The van der Waals surface area contributed by atoms with Crippen LogP contribution in [-0.2, 0) is 9.59 Å². The predicted molar refractivity (Wildman–Crippen MR) is 64.9 cm³/mol. The van der Waals surface area contributed by atoms with Crippen LogP contribution in [0.4, 0.5) is 0 Å². The van der Waals surface area contributed by atoms with Gasteiger partial charge in [-0.05, 0) is 12.8 Å². The van der Waals surface area contributed by atoms with Gasteiger partial charge in [0.1, 0.15) is 6.04 Å². The minimum Gasteiger partial charge on any atom is -0.343 e. The third-order valence-corrected chi connectivity index (χ3v) is 3.80. The van der Waals surface area contributed by atoms with Crippen molar-refractivity contribution in [3.63, 3.8) is 0 Å². The summed E-state index contributed by atoms with van der Waals surface area (Å²) in [6, 6.07) is -0.0888. The van der Waals surface area contributed by atoms with Crippen molar-refractivity contribution >= 4 is 11.8 Å². The van der Waals surface area contributed by atoms with Gasteiger partial charge in [0.2, 0.25) is 5.91 Å². The molecule has 2 saturated heterocycles. The van der Waals surface area contributed by atoms with Gasteiger partial charge in [0.05, 0.1) is 0 Å². The Hall–Kier alpha value is -1.56. The smallest absolute Gasteiger partial charge is 0.250 e. The van der Waals surface area contributed by atoms with Crippen LogP contribution in [0.25, 0.3) is 0 Å². The molecular formula is C12H18N4O2. The van der Waals surface area contributed by atoms with Gasteiger partial charge in [-0.1, -0.05) is 0 Å². The molecule has 2 fully saturated rings. The number of carbonyl (C=O) groups excluding carboxylic acids is 2. The lowest BCUT2D eigenvalue weighted by Crippen LogP contribution is -2.49. The van der Waals surface area contributed by atoms with E-state index in [0.717, 1.165) is 32.5 Å². The molecule has 98 valence electrons. The predicted octanol–water partition coefficient (Wildman–Crippen LogP) is -0.499. The number of nitrogens with one attached hydrogen (secondary N) is 1. The molecule has 1 atom stereocenters. The highest BCUT2D eigenvalue weighted by Gasteiger charge is 2.34. The van der Waals surface area contributed by atoms with E-state index < -0.39 is 0 Å². The molecule has 0 aromatic rings. The van der Waals surface area contributed by atoms with E-state index in [2.05, 4.69) is 5.43 Å². The largest absolute Gasteiger partial charge is 0.343 e. The number of hydrogen-bond donors (Lipinski definition) is 1. The maximum absolute atomic E-state index is 12.1. The summed E-state index contributed by atoms with van der Waals surface area (Å²) < 4.78 is 0. The summed E-state index contributed by atoms with van der Waals surface area (Å²) in [4.78, 5) is 27.4. The van der Waals surface area contributed by atoms with E-state index >= 15 is 0 Å². The fourth-order valence-electron chi connectivity index (χ4n) is 2.52.